The lowest BCUT2D eigenvalue weighted by molar-refractivity contribution is 0.179. The molecule has 0 bridgehead atoms. The van der Waals surface area contributed by atoms with Crippen molar-refractivity contribution in [2.45, 2.75) is 44.7 Å². The Bertz CT molecular complexity index is 589. The lowest BCUT2D eigenvalue weighted by atomic mass is 9.94. The first-order valence-corrected chi connectivity index (χ1v) is 7.90. The van der Waals surface area contributed by atoms with Crippen molar-refractivity contribution >= 4 is 0 Å². The average Bonchev–Trinajstić information content (AvgIpc) is 3.04. The van der Waals surface area contributed by atoms with Crippen LogP contribution >= 0.6 is 0 Å². The van der Waals surface area contributed by atoms with Gasteiger partial charge >= 0.3 is 0 Å². The predicted octanol–water partition coefficient (Wildman–Crippen LogP) is 2.44. The molecule has 0 radical (unpaired) electrons. The molecule has 0 amide bonds. The second-order valence-corrected chi connectivity index (χ2v) is 5.91. The lowest BCUT2D eigenvalue weighted by Gasteiger charge is -2.30. The molecule has 0 spiro atoms. The molecule has 1 aliphatic rings. The van der Waals surface area contributed by atoms with E-state index < -0.39 is 0 Å². The molecule has 0 saturated heterocycles. The van der Waals surface area contributed by atoms with E-state index in [4.69, 9.17) is 4.74 Å². The third-order valence-electron chi connectivity index (χ3n) is 4.44. The van der Waals surface area contributed by atoms with Crippen molar-refractivity contribution in [2.24, 2.45) is 0 Å². The second-order valence-electron chi connectivity index (χ2n) is 5.91. The molecule has 1 heterocycles. The largest absolute Gasteiger partial charge is 0.497 e. The quantitative estimate of drug-likeness (QED) is 0.849. The second kappa shape index (κ2) is 6.87. The maximum absolute atomic E-state index is 5.19. The van der Waals surface area contributed by atoms with Gasteiger partial charge in [-0.05, 0) is 54.6 Å². The van der Waals surface area contributed by atoms with E-state index in [-0.39, 0.29) is 0 Å². The van der Waals surface area contributed by atoms with Crippen LogP contribution in [0.15, 0.2) is 24.3 Å². The van der Waals surface area contributed by atoms with Crippen LogP contribution in [-0.2, 0) is 6.54 Å². The van der Waals surface area contributed by atoms with E-state index in [2.05, 4.69) is 27.5 Å². The number of nitrogens with zero attached hydrogens (tertiary/aromatic N) is 5. The minimum absolute atomic E-state index is 0.648. The Balaban J connectivity index is 1.73. The highest BCUT2D eigenvalue weighted by Gasteiger charge is 2.20. The van der Waals surface area contributed by atoms with E-state index in [9.17, 15) is 0 Å². The van der Waals surface area contributed by atoms with Gasteiger partial charge in [0, 0.05) is 6.04 Å². The fraction of sp³-hybridized carbons (Fsp3) is 0.562. The van der Waals surface area contributed by atoms with Crippen molar-refractivity contribution in [3.05, 3.63) is 30.1 Å². The zero-order valence-corrected chi connectivity index (χ0v) is 13.3. The highest BCUT2D eigenvalue weighted by atomic mass is 16.5. The van der Waals surface area contributed by atoms with E-state index >= 15 is 0 Å². The number of aromatic nitrogens is 4. The van der Waals surface area contributed by atoms with Crippen LogP contribution in [0.3, 0.4) is 0 Å². The Morgan fingerprint density at radius 1 is 1.18 bits per heavy atom. The van der Waals surface area contributed by atoms with Gasteiger partial charge in [0.1, 0.15) is 5.75 Å². The molecule has 1 aromatic carbocycles. The summed E-state index contributed by atoms with van der Waals surface area (Å²) in [5.74, 6) is 1.70. The van der Waals surface area contributed by atoms with Crippen LogP contribution < -0.4 is 4.74 Å². The third-order valence-corrected chi connectivity index (χ3v) is 4.44. The summed E-state index contributed by atoms with van der Waals surface area (Å²) in [6, 6.07) is 8.44. The Labute approximate surface area is 131 Å². The molecule has 1 saturated carbocycles. The van der Waals surface area contributed by atoms with Crippen molar-refractivity contribution in [3.63, 3.8) is 0 Å². The molecule has 0 unspecified atom stereocenters. The minimum atomic E-state index is 0.648. The number of benzene rings is 1. The third kappa shape index (κ3) is 3.27. The molecule has 1 aromatic heterocycles. The molecular formula is C16H23N5O. The van der Waals surface area contributed by atoms with Crippen LogP contribution in [0, 0.1) is 0 Å². The number of tetrazole rings is 1. The summed E-state index contributed by atoms with van der Waals surface area (Å²) in [6.45, 7) is 0.768. The van der Waals surface area contributed by atoms with Crippen LogP contribution in [0.4, 0.5) is 0 Å². The molecule has 118 valence electrons. The van der Waals surface area contributed by atoms with Crippen LogP contribution in [0.5, 0.6) is 5.75 Å². The van der Waals surface area contributed by atoms with Gasteiger partial charge in [-0.1, -0.05) is 19.3 Å². The number of methoxy groups -OCH3 is 1. The molecule has 22 heavy (non-hydrogen) atoms. The Morgan fingerprint density at radius 3 is 2.59 bits per heavy atom. The zero-order valence-electron chi connectivity index (χ0n) is 13.3. The first kappa shape index (κ1) is 15.0. The molecule has 1 aliphatic carbocycles. The van der Waals surface area contributed by atoms with E-state index in [1.807, 2.05) is 24.3 Å². The lowest BCUT2D eigenvalue weighted by Crippen LogP contribution is -2.33. The Morgan fingerprint density at radius 2 is 1.91 bits per heavy atom. The van der Waals surface area contributed by atoms with Gasteiger partial charge in [-0.2, -0.15) is 4.68 Å². The molecule has 2 aromatic rings. The molecule has 1 fully saturated rings. The van der Waals surface area contributed by atoms with E-state index in [0.29, 0.717) is 6.04 Å². The number of hydrogen-bond donors (Lipinski definition) is 0. The van der Waals surface area contributed by atoms with Crippen LogP contribution in [-0.4, -0.2) is 45.3 Å². The summed E-state index contributed by atoms with van der Waals surface area (Å²) in [4.78, 5) is 2.38. The molecule has 6 nitrogen and oxygen atoms in total. The van der Waals surface area contributed by atoms with Gasteiger partial charge in [-0.3, -0.25) is 4.90 Å². The summed E-state index contributed by atoms with van der Waals surface area (Å²) in [5, 5.41) is 12.2. The molecule has 0 aliphatic heterocycles. The standard InChI is InChI=1S/C16H23N5O/c1-20(13-6-4-3-5-7-13)12-16-17-18-19-21(16)14-8-10-15(22-2)11-9-14/h8-11,13H,3-7,12H2,1-2H3. The SMILES string of the molecule is COc1ccc(-n2nnnc2CN(C)C2CCCCC2)cc1. The van der Waals surface area contributed by atoms with Crippen molar-refractivity contribution < 1.29 is 4.74 Å². The van der Waals surface area contributed by atoms with Crippen molar-refractivity contribution in [1.29, 1.82) is 0 Å². The molecule has 0 atom stereocenters. The smallest absolute Gasteiger partial charge is 0.170 e. The van der Waals surface area contributed by atoms with Crippen molar-refractivity contribution in [3.8, 4) is 11.4 Å². The van der Waals surface area contributed by atoms with Crippen molar-refractivity contribution in [2.75, 3.05) is 14.2 Å². The monoisotopic (exact) mass is 301 g/mol. The molecule has 3 rings (SSSR count). The highest BCUT2D eigenvalue weighted by molar-refractivity contribution is 5.36. The Hall–Kier alpha value is -1.95. The van der Waals surface area contributed by atoms with E-state index in [1.165, 1.54) is 32.1 Å². The fourth-order valence-corrected chi connectivity index (χ4v) is 3.10. The first-order chi connectivity index (χ1) is 10.8. The summed E-state index contributed by atoms with van der Waals surface area (Å²) < 4.78 is 7.00. The number of rotatable bonds is 5. The van der Waals surface area contributed by atoms with Crippen LogP contribution in [0.25, 0.3) is 5.69 Å². The van der Waals surface area contributed by atoms with Crippen molar-refractivity contribution in [1.82, 2.24) is 25.1 Å². The van der Waals surface area contributed by atoms with Gasteiger partial charge in [0.15, 0.2) is 5.82 Å². The summed E-state index contributed by atoms with van der Waals surface area (Å²) in [5.41, 5.74) is 0.956. The van der Waals surface area contributed by atoms with Crippen LogP contribution in [0.1, 0.15) is 37.9 Å². The predicted molar refractivity (Wildman–Crippen MR) is 84.0 cm³/mol. The highest BCUT2D eigenvalue weighted by Crippen LogP contribution is 2.23. The minimum Gasteiger partial charge on any atom is -0.497 e. The normalized spacial score (nSPS) is 16.1. The maximum Gasteiger partial charge on any atom is 0.170 e. The molecular weight excluding hydrogens is 278 g/mol. The van der Waals surface area contributed by atoms with Gasteiger partial charge in [0.25, 0.3) is 0 Å². The maximum atomic E-state index is 5.19. The van der Waals surface area contributed by atoms with Crippen LogP contribution in [0.2, 0.25) is 0 Å². The van der Waals surface area contributed by atoms with Gasteiger partial charge in [-0.15, -0.1) is 5.10 Å². The molecule has 0 N–H and O–H groups in total. The van der Waals surface area contributed by atoms with Gasteiger partial charge < -0.3 is 4.74 Å². The zero-order chi connectivity index (χ0) is 15.4. The van der Waals surface area contributed by atoms with E-state index in [1.54, 1.807) is 11.8 Å². The van der Waals surface area contributed by atoms with E-state index in [0.717, 1.165) is 23.8 Å². The topological polar surface area (TPSA) is 56.1 Å². The van der Waals surface area contributed by atoms with Gasteiger partial charge in [-0.25, -0.2) is 0 Å². The molecule has 6 heteroatoms. The summed E-state index contributed by atoms with van der Waals surface area (Å²) in [7, 11) is 3.83. The van der Waals surface area contributed by atoms with Gasteiger partial charge in [0.2, 0.25) is 0 Å². The first-order valence-electron chi connectivity index (χ1n) is 7.90. The number of ether oxygens (including phenoxy) is 1. The average molecular weight is 301 g/mol. The summed E-state index contributed by atoms with van der Waals surface area (Å²) in [6.07, 6.45) is 6.59. The summed E-state index contributed by atoms with van der Waals surface area (Å²) >= 11 is 0. The number of hydrogen-bond acceptors (Lipinski definition) is 5. The Kier molecular flexibility index (Phi) is 4.68. The fourth-order valence-electron chi connectivity index (χ4n) is 3.10. The van der Waals surface area contributed by atoms with Gasteiger partial charge in [0.05, 0.1) is 19.3 Å².